The maximum absolute atomic E-state index is 5.77. The van der Waals surface area contributed by atoms with Gasteiger partial charge in [0.05, 0.1) is 6.61 Å². The van der Waals surface area contributed by atoms with Gasteiger partial charge in [0.1, 0.15) is 5.75 Å². The minimum atomic E-state index is 0.684. The van der Waals surface area contributed by atoms with E-state index >= 15 is 0 Å². The molecule has 0 atom stereocenters. The molecule has 0 aromatic heterocycles. The lowest BCUT2D eigenvalue weighted by molar-refractivity contribution is 0.289. The molecule has 0 saturated heterocycles. The standard InChI is InChI=1S/C21H28O/c1-16(2)13-14-22-21-11-9-20(10-12-21)19-7-5-18(6-8-19)15-17(3)4/h5-12,16-17H,13-15H2,1-4H3. The molecule has 0 fully saturated rings. The van der Waals surface area contributed by atoms with Crippen LogP contribution in [0.15, 0.2) is 48.5 Å². The highest BCUT2D eigenvalue weighted by atomic mass is 16.5. The Labute approximate surface area is 135 Å². The first kappa shape index (κ1) is 16.6. The maximum Gasteiger partial charge on any atom is 0.119 e. The van der Waals surface area contributed by atoms with Gasteiger partial charge in [-0.3, -0.25) is 0 Å². The van der Waals surface area contributed by atoms with E-state index in [1.807, 2.05) is 0 Å². The first-order valence-electron chi connectivity index (χ1n) is 8.36. The molecule has 0 radical (unpaired) electrons. The molecule has 1 heteroatoms. The zero-order valence-electron chi connectivity index (χ0n) is 14.3. The van der Waals surface area contributed by atoms with Gasteiger partial charge >= 0.3 is 0 Å². The van der Waals surface area contributed by atoms with Crippen LogP contribution in [0.1, 0.15) is 39.7 Å². The third-order valence-electron chi connectivity index (χ3n) is 3.75. The first-order chi connectivity index (χ1) is 10.5. The highest BCUT2D eigenvalue weighted by Crippen LogP contribution is 2.23. The van der Waals surface area contributed by atoms with Crippen LogP contribution >= 0.6 is 0 Å². The molecule has 0 N–H and O–H groups in total. The number of ether oxygens (including phenoxy) is 1. The minimum absolute atomic E-state index is 0.684. The van der Waals surface area contributed by atoms with Crippen LogP contribution in [-0.4, -0.2) is 6.61 Å². The molecule has 0 bridgehead atoms. The molecule has 0 amide bonds. The van der Waals surface area contributed by atoms with Crippen molar-refractivity contribution in [3.05, 3.63) is 54.1 Å². The van der Waals surface area contributed by atoms with Crippen LogP contribution in [-0.2, 0) is 6.42 Å². The molecule has 2 rings (SSSR count). The number of hydrogen-bond donors (Lipinski definition) is 0. The molecule has 0 aliphatic heterocycles. The van der Waals surface area contributed by atoms with Gasteiger partial charge in [0, 0.05) is 0 Å². The summed E-state index contributed by atoms with van der Waals surface area (Å²) in [4.78, 5) is 0. The van der Waals surface area contributed by atoms with E-state index in [1.54, 1.807) is 0 Å². The van der Waals surface area contributed by atoms with Crippen molar-refractivity contribution in [1.29, 1.82) is 0 Å². The molecular formula is C21H28O. The summed E-state index contributed by atoms with van der Waals surface area (Å²) in [6.45, 7) is 9.74. The third-order valence-corrected chi connectivity index (χ3v) is 3.75. The monoisotopic (exact) mass is 296 g/mol. The summed E-state index contributed by atoms with van der Waals surface area (Å²) in [6.07, 6.45) is 2.24. The van der Waals surface area contributed by atoms with E-state index in [2.05, 4.69) is 76.2 Å². The van der Waals surface area contributed by atoms with Crippen LogP contribution in [0.2, 0.25) is 0 Å². The molecule has 22 heavy (non-hydrogen) atoms. The highest BCUT2D eigenvalue weighted by molar-refractivity contribution is 5.64. The van der Waals surface area contributed by atoms with Gasteiger partial charge in [-0.05, 0) is 53.5 Å². The largest absolute Gasteiger partial charge is 0.494 e. The second kappa shape index (κ2) is 8.03. The van der Waals surface area contributed by atoms with E-state index in [0.29, 0.717) is 11.8 Å². The van der Waals surface area contributed by atoms with Crippen LogP contribution in [0.25, 0.3) is 11.1 Å². The van der Waals surface area contributed by atoms with E-state index in [0.717, 1.165) is 25.2 Å². The molecule has 1 nitrogen and oxygen atoms in total. The second-order valence-electron chi connectivity index (χ2n) is 6.85. The summed E-state index contributed by atoms with van der Waals surface area (Å²) >= 11 is 0. The van der Waals surface area contributed by atoms with Crippen molar-refractivity contribution in [2.45, 2.75) is 40.5 Å². The molecule has 0 aliphatic rings. The van der Waals surface area contributed by atoms with Crippen molar-refractivity contribution in [3.8, 4) is 16.9 Å². The SMILES string of the molecule is CC(C)CCOc1ccc(-c2ccc(CC(C)C)cc2)cc1. The summed E-state index contributed by atoms with van der Waals surface area (Å²) in [5.41, 5.74) is 3.92. The van der Waals surface area contributed by atoms with Crippen molar-refractivity contribution in [2.24, 2.45) is 11.8 Å². The summed E-state index contributed by atoms with van der Waals surface area (Å²) in [7, 11) is 0. The molecule has 2 aromatic rings. The summed E-state index contributed by atoms with van der Waals surface area (Å²) < 4.78 is 5.77. The number of rotatable bonds is 7. The van der Waals surface area contributed by atoms with Gasteiger partial charge in [-0.15, -0.1) is 0 Å². The molecule has 0 saturated carbocycles. The van der Waals surface area contributed by atoms with E-state index in [9.17, 15) is 0 Å². The Hall–Kier alpha value is -1.76. The van der Waals surface area contributed by atoms with Crippen LogP contribution in [0.3, 0.4) is 0 Å². The van der Waals surface area contributed by atoms with Gasteiger partial charge in [0.2, 0.25) is 0 Å². The van der Waals surface area contributed by atoms with Crippen molar-refractivity contribution < 1.29 is 4.74 Å². The predicted molar refractivity (Wildman–Crippen MR) is 95.4 cm³/mol. The lowest BCUT2D eigenvalue weighted by Gasteiger charge is -2.09. The Morgan fingerprint density at radius 2 is 1.27 bits per heavy atom. The fourth-order valence-corrected chi connectivity index (χ4v) is 2.46. The lowest BCUT2D eigenvalue weighted by atomic mass is 9.99. The fraction of sp³-hybridized carbons (Fsp3) is 0.429. The Bertz CT molecular complexity index is 549. The lowest BCUT2D eigenvalue weighted by Crippen LogP contribution is -2.01. The van der Waals surface area contributed by atoms with Gasteiger partial charge in [-0.2, -0.15) is 0 Å². The van der Waals surface area contributed by atoms with Gasteiger partial charge in [0.25, 0.3) is 0 Å². The Kier molecular flexibility index (Phi) is 6.06. The minimum Gasteiger partial charge on any atom is -0.494 e. The van der Waals surface area contributed by atoms with Crippen molar-refractivity contribution in [3.63, 3.8) is 0 Å². The molecule has 0 aliphatic carbocycles. The first-order valence-corrected chi connectivity index (χ1v) is 8.36. The van der Waals surface area contributed by atoms with Gasteiger partial charge in [0.15, 0.2) is 0 Å². The fourth-order valence-electron chi connectivity index (χ4n) is 2.46. The zero-order chi connectivity index (χ0) is 15.9. The van der Waals surface area contributed by atoms with Crippen LogP contribution in [0.4, 0.5) is 0 Å². The predicted octanol–water partition coefficient (Wildman–Crippen LogP) is 5.98. The molecule has 0 heterocycles. The summed E-state index contributed by atoms with van der Waals surface area (Å²) in [5, 5.41) is 0. The van der Waals surface area contributed by atoms with Crippen molar-refractivity contribution in [2.75, 3.05) is 6.61 Å². The number of hydrogen-bond acceptors (Lipinski definition) is 1. The topological polar surface area (TPSA) is 9.23 Å². The second-order valence-corrected chi connectivity index (χ2v) is 6.85. The zero-order valence-corrected chi connectivity index (χ0v) is 14.3. The average molecular weight is 296 g/mol. The third kappa shape index (κ3) is 5.22. The average Bonchev–Trinajstić information content (AvgIpc) is 2.48. The van der Waals surface area contributed by atoms with Crippen LogP contribution < -0.4 is 4.74 Å². The molecule has 0 unspecified atom stereocenters. The Balaban J connectivity index is 1.97. The Morgan fingerprint density at radius 1 is 0.727 bits per heavy atom. The van der Waals surface area contributed by atoms with E-state index in [4.69, 9.17) is 4.74 Å². The smallest absolute Gasteiger partial charge is 0.119 e. The van der Waals surface area contributed by atoms with Gasteiger partial charge in [-0.1, -0.05) is 64.1 Å². The molecular weight excluding hydrogens is 268 g/mol. The van der Waals surface area contributed by atoms with Crippen molar-refractivity contribution >= 4 is 0 Å². The van der Waals surface area contributed by atoms with Crippen molar-refractivity contribution in [1.82, 2.24) is 0 Å². The van der Waals surface area contributed by atoms with Crippen LogP contribution in [0.5, 0.6) is 5.75 Å². The Morgan fingerprint density at radius 3 is 1.77 bits per heavy atom. The molecule has 2 aromatic carbocycles. The summed E-state index contributed by atoms with van der Waals surface area (Å²) in [6, 6.07) is 17.3. The van der Waals surface area contributed by atoms with Gasteiger partial charge < -0.3 is 4.74 Å². The highest BCUT2D eigenvalue weighted by Gasteiger charge is 2.02. The van der Waals surface area contributed by atoms with E-state index in [1.165, 1.54) is 16.7 Å². The molecule has 0 spiro atoms. The maximum atomic E-state index is 5.77. The summed E-state index contributed by atoms with van der Waals surface area (Å²) in [5.74, 6) is 2.34. The molecule has 118 valence electrons. The normalized spacial score (nSPS) is 11.2. The van der Waals surface area contributed by atoms with Gasteiger partial charge in [-0.25, -0.2) is 0 Å². The van der Waals surface area contributed by atoms with E-state index in [-0.39, 0.29) is 0 Å². The number of benzene rings is 2. The van der Waals surface area contributed by atoms with Crippen LogP contribution in [0, 0.1) is 11.8 Å². The quantitative estimate of drug-likeness (QED) is 0.611. The van der Waals surface area contributed by atoms with E-state index < -0.39 is 0 Å².